The van der Waals surface area contributed by atoms with Crippen LogP contribution in [-0.4, -0.2) is 48.4 Å². The number of nitrogens with zero attached hydrogens (tertiary/aromatic N) is 1. The largest absolute Gasteiger partial charge is 0.352 e. The van der Waals surface area contributed by atoms with Crippen LogP contribution in [0.5, 0.6) is 0 Å². The summed E-state index contributed by atoms with van der Waals surface area (Å²) in [4.78, 5) is 27.1. The molecule has 2 amide bonds. The Hall–Kier alpha value is -1.88. The Bertz CT molecular complexity index is 590. The first-order valence-electron chi connectivity index (χ1n) is 9.49. The molecule has 2 heterocycles. The summed E-state index contributed by atoms with van der Waals surface area (Å²) in [5, 5.41) is 6.62. The van der Waals surface area contributed by atoms with Crippen molar-refractivity contribution in [1.29, 1.82) is 0 Å². The Kier molecular flexibility index (Phi) is 6.08. The third kappa shape index (κ3) is 4.82. The van der Waals surface area contributed by atoms with Gasteiger partial charge in [-0.1, -0.05) is 30.3 Å². The first-order valence-corrected chi connectivity index (χ1v) is 9.49. The minimum atomic E-state index is -0.0809. The normalized spacial score (nSPS) is 26.9. The second-order valence-corrected chi connectivity index (χ2v) is 7.34. The van der Waals surface area contributed by atoms with E-state index in [9.17, 15) is 9.59 Å². The molecule has 3 rings (SSSR count). The average Bonchev–Trinajstić information content (AvgIpc) is 2.64. The van der Waals surface area contributed by atoms with E-state index in [4.69, 9.17) is 0 Å². The van der Waals surface area contributed by atoms with E-state index >= 15 is 0 Å². The summed E-state index contributed by atoms with van der Waals surface area (Å²) >= 11 is 0. The van der Waals surface area contributed by atoms with Crippen LogP contribution in [0.4, 0.5) is 0 Å². The van der Waals surface area contributed by atoms with Crippen LogP contribution in [-0.2, 0) is 16.0 Å². The molecule has 2 N–H and O–H groups in total. The van der Waals surface area contributed by atoms with Crippen LogP contribution in [0, 0.1) is 5.92 Å². The Balaban J connectivity index is 1.53. The van der Waals surface area contributed by atoms with Gasteiger partial charge in [-0.3, -0.25) is 9.59 Å². The van der Waals surface area contributed by atoms with Crippen LogP contribution in [0.25, 0.3) is 0 Å². The number of likely N-dealkylation sites (tertiary alicyclic amines) is 1. The average molecular weight is 343 g/mol. The molecule has 136 valence electrons. The van der Waals surface area contributed by atoms with Crippen molar-refractivity contribution in [2.75, 3.05) is 19.6 Å². The topological polar surface area (TPSA) is 61.4 Å². The lowest BCUT2D eigenvalue weighted by Gasteiger charge is -2.35. The van der Waals surface area contributed by atoms with Gasteiger partial charge in [-0.2, -0.15) is 0 Å². The highest BCUT2D eigenvalue weighted by Crippen LogP contribution is 2.19. The zero-order chi connectivity index (χ0) is 17.6. The quantitative estimate of drug-likeness (QED) is 0.875. The third-order valence-electron chi connectivity index (χ3n) is 5.43. The number of hydrogen-bond acceptors (Lipinski definition) is 3. The van der Waals surface area contributed by atoms with Crippen LogP contribution in [0.1, 0.15) is 38.2 Å². The van der Waals surface area contributed by atoms with Gasteiger partial charge in [0, 0.05) is 25.2 Å². The number of hydrogen-bond donors (Lipinski definition) is 2. The van der Waals surface area contributed by atoms with E-state index in [1.165, 1.54) is 0 Å². The minimum Gasteiger partial charge on any atom is -0.352 e. The number of carbonyl (C=O) groups excluding carboxylic acids is 2. The molecule has 0 bridgehead atoms. The zero-order valence-corrected chi connectivity index (χ0v) is 15.0. The molecule has 0 aliphatic carbocycles. The predicted octanol–water partition coefficient (Wildman–Crippen LogP) is 1.72. The van der Waals surface area contributed by atoms with Gasteiger partial charge in [0.05, 0.1) is 12.3 Å². The molecule has 2 aliphatic heterocycles. The van der Waals surface area contributed by atoms with Crippen molar-refractivity contribution in [3.05, 3.63) is 35.9 Å². The Morgan fingerprint density at radius 1 is 1.20 bits per heavy atom. The molecule has 0 radical (unpaired) electrons. The van der Waals surface area contributed by atoms with Gasteiger partial charge in [0.1, 0.15) is 0 Å². The summed E-state index contributed by atoms with van der Waals surface area (Å²) in [6, 6.07) is 10.3. The second kappa shape index (κ2) is 8.48. The van der Waals surface area contributed by atoms with Crippen LogP contribution in [0.3, 0.4) is 0 Å². The number of rotatable bonds is 4. The van der Waals surface area contributed by atoms with E-state index in [1.807, 2.05) is 35.2 Å². The number of nitrogens with one attached hydrogen (secondary N) is 2. The van der Waals surface area contributed by atoms with Gasteiger partial charge < -0.3 is 15.5 Å². The summed E-state index contributed by atoms with van der Waals surface area (Å²) in [5.74, 6) is 0.150. The van der Waals surface area contributed by atoms with Crippen molar-refractivity contribution in [1.82, 2.24) is 15.5 Å². The summed E-state index contributed by atoms with van der Waals surface area (Å²) in [5.41, 5.74) is 1.03. The van der Waals surface area contributed by atoms with Gasteiger partial charge in [0.15, 0.2) is 0 Å². The second-order valence-electron chi connectivity index (χ2n) is 7.34. The minimum absolute atomic E-state index is 0.0809. The van der Waals surface area contributed by atoms with Crippen molar-refractivity contribution >= 4 is 11.8 Å². The van der Waals surface area contributed by atoms with Crippen LogP contribution < -0.4 is 10.6 Å². The maximum Gasteiger partial charge on any atom is 0.227 e. The van der Waals surface area contributed by atoms with Crippen LogP contribution >= 0.6 is 0 Å². The molecule has 25 heavy (non-hydrogen) atoms. The SMILES string of the molecule is CC1NCCCC1NC(=O)C1CCCN(C(=O)Cc2ccccc2)C1. The highest BCUT2D eigenvalue weighted by molar-refractivity contribution is 5.82. The lowest BCUT2D eigenvalue weighted by molar-refractivity contribution is -0.135. The number of benzene rings is 1. The van der Waals surface area contributed by atoms with E-state index in [-0.39, 0.29) is 23.8 Å². The van der Waals surface area contributed by atoms with Gasteiger partial charge in [-0.25, -0.2) is 0 Å². The molecular formula is C20H29N3O2. The van der Waals surface area contributed by atoms with Gasteiger partial charge in [-0.15, -0.1) is 0 Å². The fourth-order valence-corrected chi connectivity index (χ4v) is 3.84. The van der Waals surface area contributed by atoms with Crippen molar-refractivity contribution in [3.8, 4) is 0 Å². The molecule has 3 unspecified atom stereocenters. The standard InChI is InChI=1S/C20H29N3O2/c1-15-18(10-5-11-21-15)22-20(25)17-9-6-12-23(14-17)19(24)13-16-7-3-2-4-8-16/h2-4,7-8,15,17-18,21H,5-6,9-14H2,1H3,(H,22,25). The molecule has 0 saturated carbocycles. The summed E-state index contributed by atoms with van der Waals surface area (Å²) in [6.45, 7) is 4.46. The molecule has 2 aliphatic rings. The van der Waals surface area contributed by atoms with E-state index < -0.39 is 0 Å². The maximum absolute atomic E-state index is 12.7. The van der Waals surface area contributed by atoms with Crippen LogP contribution in [0.15, 0.2) is 30.3 Å². The third-order valence-corrected chi connectivity index (χ3v) is 5.43. The van der Waals surface area contributed by atoms with Crippen molar-refractivity contribution in [2.45, 2.75) is 51.1 Å². The lowest BCUT2D eigenvalue weighted by atomic mass is 9.94. The zero-order valence-electron chi connectivity index (χ0n) is 15.0. The van der Waals surface area contributed by atoms with Crippen molar-refractivity contribution in [2.24, 2.45) is 5.92 Å². The van der Waals surface area contributed by atoms with E-state index in [1.54, 1.807) is 0 Å². The summed E-state index contributed by atoms with van der Waals surface area (Å²) in [7, 11) is 0. The smallest absolute Gasteiger partial charge is 0.227 e. The van der Waals surface area contributed by atoms with Gasteiger partial charge in [0.2, 0.25) is 11.8 Å². The molecule has 1 aromatic carbocycles. The van der Waals surface area contributed by atoms with Crippen molar-refractivity contribution < 1.29 is 9.59 Å². The van der Waals surface area contributed by atoms with Gasteiger partial charge in [-0.05, 0) is 44.7 Å². The molecule has 5 nitrogen and oxygen atoms in total. The van der Waals surface area contributed by atoms with E-state index in [0.29, 0.717) is 19.0 Å². The Labute approximate surface area is 150 Å². The highest BCUT2D eigenvalue weighted by Gasteiger charge is 2.31. The van der Waals surface area contributed by atoms with Crippen molar-refractivity contribution in [3.63, 3.8) is 0 Å². The maximum atomic E-state index is 12.7. The monoisotopic (exact) mass is 343 g/mol. The first-order chi connectivity index (χ1) is 12.1. The molecule has 2 fully saturated rings. The Morgan fingerprint density at radius 2 is 2.00 bits per heavy atom. The number of amides is 2. The predicted molar refractivity (Wildman–Crippen MR) is 98.1 cm³/mol. The van der Waals surface area contributed by atoms with E-state index in [2.05, 4.69) is 17.6 Å². The molecule has 0 aromatic heterocycles. The molecule has 0 spiro atoms. The van der Waals surface area contributed by atoms with E-state index in [0.717, 1.165) is 44.3 Å². The van der Waals surface area contributed by atoms with Crippen LogP contribution in [0.2, 0.25) is 0 Å². The molecule has 3 atom stereocenters. The molecule has 1 aromatic rings. The molecule has 5 heteroatoms. The van der Waals surface area contributed by atoms with Gasteiger partial charge >= 0.3 is 0 Å². The number of carbonyl (C=O) groups is 2. The molecular weight excluding hydrogens is 314 g/mol. The first kappa shape index (κ1) is 17.9. The highest BCUT2D eigenvalue weighted by atomic mass is 16.2. The number of piperidine rings is 2. The summed E-state index contributed by atoms with van der Waals surface area (Å²) < 4.78 is 0. The van der Waals surface area contributed by atoms with Gasteiger partial charge in [0.25, 0.3) is 0 Å². The Morgan fingerprint density at radius 3 is 2.76 bits per heavy atom. The fourth-order valence-electron chi connectivity index (χ4n) is 3.84. The molecule has 2 saturated heterocycles. The lowest BCUT2D eigenvalue weighted by Crippen LogP contribution is -2.54. The summed E-state index contributed by atoms with van der Waals surface area (Å²) in [6.07, 6.45) is 4.32. The fraction of sp³-hybridized carbons (Fsp3) is 0.600.